The number of hydrogen-bond acceptors (Lipinski definition) is 2. The van der Waals surface area contributed by atoms with Crippen molar-refractivity contribution >= 4 is 0 Å². The lowest BCUT2D eigenvalue weighted by molar-refractivity contribution is -0.0444. The molecule has 1 heterocycles. The van der Waals surface area contributed by atoms with E-state index in [0.717, 1.165) is 12.0 Å². The maximum absolute atomic E-state index is 2.60. The maximum Gasteiger partial charge on any atom is 0.0170 e. The van der Waals surface area contributed by atoms with Crippen LogP contribution in [0.25, 0.3) is 0 Å². The van der Waals surface area contributed by atoms with E-state index in [0.29, 0.717) is 11.1 Å². The second-order valence-electron chi connectivity index (χ2n) is 7.70. The lowest BCUT2D eigenvalue weighted by Gasteiger charge is -2.55. The van der Waals surface area contributed by atoms with E-state index >= 15 is 0 Å². The minimum absolute atomic E-state index is 0.302. The Hall–Kier alpha value is -0.0800. The van der Waals surface area contributed by atoms with Crippen LogP contribution in [-0.4, -0.2) is 47.6 Å². The Morgan fingerprint density at radius 3 is 2.00 bits per heavy atom. The van der Waals surface area contributed by atoms with Crippen molar-refractivity contribution in [2.45, 2.75) is 77.9 Å². The van der Waals surface area contributed by atoms with Gasteiger partial charge in [-0.25, -0.2) is 0 Å². The molecule has 0 amide bonds. The SMILES string of the molecule is CCC(C)CN(C)C1CC(C)(C)N(C)C(C)(C)C1. The fraction of sp³-hybridized carbons (Fsp3) is 1.00. The highest BCUT2D eigenvalue weighted by Crippen LogP contribution is 2.38. The maximum atomic E-state index is 2.60. The normalized spacial score (nSPS) is 26.5. The predicted molar refractivity (Wildman–Crippen MR) is 81.0 cm³/mol. The summed E-state index contributed by atoms with van der Waals surface area (Å²) in [4.78, 5) is 5.16. The monoisotopic (exact) mass is 254 g/mol. The van der Waals surface area contributed by atoms with Gasteiger partial charge in [0.15, 0.2) is 0 Å². The van der Waals surface area contributed by atoms with Crippen molar-refractivity contribution < 1.29 is 0 Å². The summed E-state index contributed by atoms with van der Waals surface area (Å²) < 4.78 is 0. The molecule has 1 fully saturated rings. The van der Waals surface area contributed by atoms with E-state index in [2.05, 4.69) is 65.4 Å². The van der Waals surface area contributed by atoms with Gasteiger partial charge in [0.25, 0.3) is 0 Å². The van der Waals surface area contributed by atoms with Crippen LogP contribution in [0.4, 0.5) is 0 Å². The van der Waals surface area contributed by atoms with Crippen LogP contribution in [0.15, 0.2) is 0 Å². The first kappa shape index (κ1) is 16.0. The summed E-state index contributed by atoms with van der Waals surface area (Å²) >= 11 is 0. The summed E-state index contributed by atoms with van der Waals surface area (Å²) in [6.45, 7) is 15.4. The fourth-order valence-electron chi connectivity index (χ4n) is 3.40. The minimum Gasteiger partial charge on any atom is -0.303 e. The molecule has 0 aromatic heterocycles. The standard InChI is InChI=1S/C16H34N2/c1-9-13(2)12-17(7)14-10-15(3,4)18(8)16(5,6)11-14/h13-14H,9-12H2,1-8H3. The first-order chi connectivity index (χ1) is 8.10. The summed E-state index contributed by atoms with van der Waals surface area (Å²) in [6.07, 6.45) is 3.84. The molecule has 0 N–H and O–H groups in total. The Morgan fingerprint density at radius 1 is 1.17 bits per heavy atom. The largest absolute Gasteiger partial charge is 0.303 e. The molecular weight excluding hydrogens is 220 g/mol. The lowest BCUT2D eigenvalue weighted by Crippen LogP contribution is -2.62. The average molecular weight is 254 g/mol. The van der Waals surface area contributed by atoms with E-state index in [9.17, 15) is 0 Å². The van der Waals surface area contributed by atoms with Crippen molar-refractivity contribution in [2.24, 2.45) is 5.92 Å². The molecule has 18 heavy (non-hydrogen) atoms. The van der Waals surface area contributed by atoms with Crippen molar-refractivity contribution in [1.29, 1.82) is 0 Å². The third kappa shape index (κ3) is 3.48. The number of nitrogens with zero attached hydrogens (tertiary/aromatic N) is 2. The van der Waals surface area contributed by atoms with Gasteiger partial charge < -0.3 is 4.90 Å². The number of likely N-dealkylation sites (tertiary alicyclic amines) is 1. The van der Waals surface area contributed by atoms with Crippen LogP contribution in [0.5, 0.6) is 0 Å². The van der Waals surface area contributed by atoms with Gasteiger partial charge in [-0.05, 0) is 60.5 Å². The van der Waals surface area contributed by atoms with Gasteiger partial charge in [-0.1, -0.05) is 20.3 Å². The van der Waals surface area contributed by atoms with Crippen LogP contribution in [-0.2, 0) is 0 Å². The first-order valence-electron chi connectivity index (χ1n) is 7.54. The van der Waals surface area contributed by atoms with Crippen molar-refractivity contribution in [3.05, 3.63) is 0 Å². The summed E-state index contributed by atoms with van der Waals surface area (Å²) in [7, 11) is 4.60. The molecule has 1 rings (SSSR count). The summed E-state index contributed by atoms with van der Waals surface area (Å²) in [5.74, 6) is 0.806. The van der Waals surface area contributed by atoms with Gasteiger partial charge >= 0.3 is 0 Å². The molecule has 1 atom stereocenters. The van der Waals surface area contributed by atoms with Crippen molar-refractivity contribution in [3.8, 4) is 0 Å². The van der Waals surface area contributed by atoms with E-state index in [1.165, 1.54) is 25.8 Å². The molecule has 1 unspecified atom stereocenters. The smallest absolute Gasteiger partial charge is 0.0170 e. The van der Waals surface area contributed by atoms with E-state index < -0.39 is 0 Å². The van der Waals surface area contributed by atoms with Crippen molar-refractivity contribution in [3.63, 3.8) is 0 Å². The quantitative estimate of drug-likeness (QED) is 0.756. The second-order valence-corrected chi connectivity index (χ2v) is 7.70. The average Bonchev–Trinajstić information content (AvgIpc) is 2.24. The van der Waals surface area contributed by atoms with Crippen LogP contribution < -0.4 is 0 Å². The molecule has 0 aromatic rings. The van der Waals surface area contributed by atoms with Gasteiger partial charge in [0.1, 0.15) is 0 Å². The van der Waals surface area contributed by atoms with Gasteiger partial charge in [0, 0.05) is 23.7 Å². The summed E-state index contributed by atoms with van der Waals surface area (Å²) in [5.41, 5.74) is 0.603. The Kier molecular flexibility index (Phi) is 4.88. The van der Waals surface area contributed by atoms with Crippen molar-refractivity contribution in [1.82, 2.24) is 9.80 Å². The highest BCUT2D eigenvalue weighted by molar-refractivity contribution is 5.01. The van der Waals surface area contributed by atoms with Crippen LogP contribution >= 0.6 is 0 Å². The number of hydrogen-bond donors (Lipinski definition) is 0. The zero-order valence-corrected chi connectivity index (χ0v) is 13.9. The van der Waals surface area contributed by atoms with Gasteiger partial charge in [-0.3, -0.25) is 4.90 Å². The third-order valence-electron chi connectivity index (χ3n) is 5.21. The molecule has 0 aliphatic carbocycles. The Morgan fingerprint density at radius 2 is 1.61 bits per heavy atom. The van der Waals surface area contributed by atoms with Crippen LogP contribution in [0.3, 0.4) is 0 Å². The van der Waals surface area contributed by atoms with Crippen LogP contribution in [0.1, 0.15) is 60.8 Å². The van der Waals surface area contributed by atoms with Crippen LogP contribution in [0, 0.1) is 5.92 Å². The first-order valence-corrected chi connectivity index (χ1v) is 7.54. The third-order valence-corrected chi connectivity index (χ3v) is 5.21. The molecule has 0 aromatic carbocycles. The van der Waals surface area contributed by atoms with E-state index in [-0.39, 0.29) is 0 Å². The zero-order valence-electron chi connectivity index (χ0n) is 13.9. The second kappa shape index (κ2) is 5.50. The molecule has 0 radical (unpaired) electrons. The number of rotatable bonds is 4. The van der Waals surface area contributed by atoms with E-state index in [1.54, 1.807) is 0 Å². The molecular formula is C16H34N2. The molecule has 0 bridgehead atoms. The Labute approximate surface area is 115 Å². The molecule has 2 heteroatoms. The Balaban J connectivity index is 2.74. The molecule has 0 saturated carbocycles. The molecule has 0 spiro atoms. The molecule has 1 aliphatic heterocycles. The van der Waals surface area contributed by atoms with E-state index in [4.69, 9.17) is 0 Å². The lowest BCUT2D eigenvalue weighted by atomic mass is 9.77. The Bertz CT molecular complexity index is 252. The molecule has 2 nitrogen and oxygen atoms in total. The molecule has 108 valence electrons. The van der Waals surface area contributed by atoms with E-state index in [1.807, 2.05) is 0 Å². The minimum atomic E-state index is 0.302. The van der Waals surface area contributed by atoms with Crippen LogP contribution in [0.2, 0.25) is 0 Å². The van der Waals surface area contributed by atoms with Gasteiger partial charge in [-0.2, -0.15) is 0 Å². The summed E-state index contributed by atoms with van der Waals surface area (Å²) in [5, 5.41) is 0. The predicted octanol–water partition coefficient (Wildman–Crippen LogP) is 3.62. The highest BCUT2D eigenvalue weighted by atomic mass is 15.3. The fourth-order valence-corrected chi connectivity index (χ4v) is 3.40. The van der Waals surface area contributed by atoms with Gasteiger partial charge in [-0.15, -0.1) is 0 Å². The number of piperidine rings is 1. The van der Waals surface area contributed by atoms with Gasteiger partial charge in [0.2, 0.25) is 0 Å². The highest BCUT2D eigenvalue weighted by Gasteiger charge is 2.43. The molecule has 1 aliphatic rings. The molecule has 1 saturated heterocycles. The summed E-state index contributed by atoms with van der Waals surface area (Å²) in [6, 6.07) is 0.722. The zero-order chi connectivity index (χ0) is 14.1. The van der Waals surface area contributed by atoms with Gasteiger partial charge in [0.05, 0.1) is 0 Å². The van der Waals surface area contributed by atoms with Crippen molar-refractivity contribution in [2.75, 3.05) is 20.6 Å². The topological polar surface area (TPSA) is 6.48 Å².